The van der Waals surface area contributed by atoms with Crippen molar-refractivity contribution in [2.24, 2.45) is 5.84 Å². The normalized spacial score (nSPS) is 12.5. The fraction of sp³-hybridized carbons (Fsp3) is 0.357. The van der Waals surface area contributed by atoms with Gasteiger partial charge in [-0.3, -0.25) is 16.3 Å². The van der Waals surface area contributed by atoms with Crippen molar-refractivity contribution in [1.82, 2.24) is 10.4 Å². The standard InChI is InChI=1S/C14H19N3S/c15-17-13(11-12-5-1-2-9-16-12)6-3-7-14-8-4-10-18-14/h1-2,4-5,8-10,13,17H,3,6-7,11,15H2. The quantitative estimate of drug-likeness (QED) is 0.595. The summed E-state index contributed by atoms with van der Waals surface area (Å²) in [5, 5.41) is 2.13. The van der Waals surface area contributed by atoms with Gasteiger partial charge in [-0.15, -0.1) is 11.3 Å². The van der Waals surface area contributed by atoms with Crippen molar-refractivity contribution in [1.29, 1.82) is 0 Å². The van der Waals surface area contributed by atoms with Crippen LogP contribution in [-0.2, 0) is 12.8 Å². The van der Waals surface area contributed by atoms with Crippen LogP contribution in [0.3, 0.4) is 0 Å². The summed E-state index contributed by atoms with van der Waals surface area (Å²) in [6, 6.07) is 10.6. The zero-order valence-corrected chi connectivity index (χ0v) is 11.2. The minimum atomic E-state index is 0.305. The molecule has 18 heavy (non-hydrogen) atoms. The van der Waals surface area contributed by atoms with E-state index in [1.807, 2.05) is 35.7 Å². The highest BCUT2D eigenvalue weighted by molar-refractivity contribution is 7.09. The number of aromatic nitrogens is 1. The van der Waals surface area contributed by atoms with E-state index in [4.69, 9.17) is 5.84 Å². The van der Waals surface area contributed by atoms with E-state index in [0.717, 1.165) is 31.4 Å². The van der Waals surface area contributed by atoms with Crippen LogP contribution in [0.2, 0.25) is 0 Å². The third-order valence-corrected chi connectivity index (χ3v) is 3.91. The molecule has 0 amide bonds. The topological polar surface area (TPSA) is 50.9 Å². The molecule has 0 saturated carbocycles. The van der Waals surface area contributed by atoms with Crippen molar-refractivity contribution in [2.45, 2.75) is 31.7 Å². The van der Waals surface area contributed by atoms with Gasteiger partial charge in [0.25, 0.3) is 0 Å². The number of nitrogens with two attached hydrogens (primary N) is 1. The van der Waals surface area contributed by atoms with Crippen LogP contribution >= 0.6 is 11.3 Å². The molecule has 0 saturated heterocycles. The predicted octanol–water partition coefficient (Wildman–Crippen LogP) is 2.54. The molecular formula is C14H19N3S. The van der Waals surface area contributed by atoms with Gasteiger partial charge in [0.1, 0.15) is 0 Å². The number of rotatable bonds is 7. The van der Waals surface area contributed by atoms with Gasteiger partial charge in [-0.25, -0.2) is 0 Å². The molecule has 2 heterocycles. The first-order chi connectivity index (χ1) is 8.88. The van der Waals surface area contributed by atoms with Crippen LogP contribution in [0.5, 0.6) is 0 Å². The number of hydrazine groups is 1. The molecule has 0 aromatic carbocycles. The molecule has 0 bridgehead atoms. The number of hydrogen-bond donors (Lipinski definition) is 2. The number of pyridine rings is 1. The minimum Gasteiger partial charge on any atom is -0.271 e. The van der Waals surface area contributed by atoms with Gasteiger partial charge in [-0.05, 0) is 42.8 Å². The molecule has 3 nitrogen and oxygen atoms in total. The van der Waals surface area contributed by atoms with Crippen LogP contribution < -0.4 is 11.3 Å². The van der Waals surface area contributed by atoms with E-state index in [9.17, 15) is 0 Å². The Morgan fingerprint density at radius 3 is 2.89 bits per heavy atom. The van der Waals surface area contributed by atoms with Gasteiger partial charge in [-0.1, -0.05) is 12.1 Å². The average Bonchev–Trinajstić information content (AvgIpc) is 2.92. The first-order valence-corrected chi connectivity index (χ1v) is 7.15. The Morgan fingerprint density at radius 1 is 1.28 bits per heavy atom. The van der Waals surface area contributed by atoms with Crippen LogP contribution in [0.4, 0.5) is 0 Å². The molecule has 0 spiro atoms. The van der Waals surface area contributed by atoms with Crippen LogP contribution in [0.15, 0.2) is 41.9 Å². The Kier molecular flexibility index (Phi) is 5.33. The second kappa shape index (κ2) is 7.26. The van der Waals surface area contributed by atoms with Gasteiger partial charge in [-0.2, -0.15) is 0 Å². The summed E-state index contributed by atoms with van der Waals surface area (Å²) in [5.41, 5.74) is 3.99. The number of hydrogen-bond acceptors (Lipinski definition) is 4. The lowest BCUT2D eigenvalue weighted by molar-refractivity contribution is 0.473. The van der Waals surface area contributed by atoms with Crippen LogP contribution in [0, 0.1) is 0 Å². The van der Waals surface area contributed by atoms with Gasteiger partial charge >= 0.3 is 0 Å². The maximum absolute atomic E-state index is 5.60. The van der Waals surface area contributed by atoms with Crippen molar-refractivity contribution >= 4 is 11.3 Å². The molecule has 1 atom stereocenters. The van der Waals surface area contributed by atoms with Crippen molar-refractivity contribution in [2.75, 3.05) is 0 Å². The van der Waals surface area contributed by atoms with Crippen molar-refractivity contribution in [3.05, 3.63) is 52.5 Å². The fourth-order valence-corrected chi connectivity index (χ4v) is 2.74. The van der Waals surface area contributed by atoms with Gasteiger partial charge in [0.2, 0.25) is 0 Å². The summed E-state index contributed by atoms with van der Waals surface area (Å²) in [6.45, 7) is 0. The van der Waals surface area contributed by atoms with Crippen LogP contribution in [0.25, 0.3) is 0 Å². The van der Waals surface area contributed by atoms with Crippen molar-refractivity contribution in [3.63, 3.8) is 0 Å². The van der Waals surface area contributed by atoms with Gasteiger partial charge < -0.3 is 0 Å². The second-order valence-corrected chi connectivity index (χ2v) is 5.39. The summed E-state index contributed by atoms with van der Waals surface area (Å²) >= 11 is 1.82. The first-order valence-electron chi connectivity index (χ1n) is 6.27. The van der Waals surface area contributed by atoms with Gasteiger partial charge in [0.05, 0.1) is 0 Å². The largest absolute Gasteiger partial charge is 0.271 e. The Balaban J connectivity index is 1.75. The highest BCUT2D eigenvalue weighted by Gasteiger charge is 2.08. The lowest BCUT2D eigenvalue weighted by atomic mass is 10.0. The Bertz CT molecular complexity index is 428. The first kappa shape index (κ1) is 13.2. The fourth-order valence-electron chi connectivity index (χ4n) is 1.99. The van der Waals surface area contributed by atoms with E-state index in [1.54, 1.807) is 0 Å². The summed E-state index contributed by atoms with van der Waals surface area (Å²) in [5.74, 6) is 5.60. The smallest absolute Gasteiger partial charge is 0.0419 e. The molecule has 1 unspecified atom stereocenters. The monoisotopic (exact) mass is 261 g/mol. The van der Waals surface area contributed by atoms with Crippen molar-refractivity contribution < 1.29 is 0 Å². The molecule has 2 aromatic rings. The third-order valence-electron chi connectivity index (χ3n) is 2.97. The van der Waals surface area contributed by atoms with E-state index >= 15 is 0 Å². The highest BCUT2D eigenvalue weighted by atomic mass is 32.1. The summed E-state index contributed by atoms with van der Waals surface area (Å²) in [4.78, 5) is 5.78. The van der Waals surface area contributed by atoms with Gasteiger partial charge in [0, 0.05) is 29.2 Å². The Morgan fingerprint density at radius 2 is 2.22 bits per heavy atom. The van der Waals surface area contributed by atoms with E-state index in [-0.39, 0.29) is 0 Å². The Hall–Kier alpha value is -1.23. The molecule has 0 fully saturated rings. The maximum atomic E-state index is 5.60. The molecule has 96 valence electrons. The average molecular weight is 261 g/mol. The van der Waals surface area contributed by atoms with Crippen molar-refractivity contribution in [3.8, 4) is 0 Å². The third kappa shape index (κ3) is 4.22. The zero-order chi connectivity index (χ0) is 12.6. The minimum absolute atomic E-state index is 0.305. The van der Waals surface area contributed by atoms with Gasteiger partial charge in [0.15, 0.2) is 0 Å². The number of nitrogens with one attached hydrogen (secondary N) is 1. The molecule has 4 heteroatoms. The summed E-state index contributed by atoms with van der Waals surface area (Å²) < 4.78 is 0. The highest BCUT2D eigenvalue weighted by Crippen LogP contribution is 2.13. The molecule has 2 aromatic heterocycles. The number of thiophene rings is 1. The van der Waals surface area contributed by atoms with E-state index in [1.165, 1.54) is 4.88 Å². The zero-order valence-electron chi connectivity index (χ0n) is 10.4. The molecule has 0 aliphatic rings. The predicted molar refractivity (Wildman–Crippen MR) is 76.3 cm³/mol. The van der Waals surface area contributed by atoms with E-state index < -0.39 is 0 Å². The molecule has 3 N–H and O–H groups in total. The Labute approximate surface area is 112 Å². The molecule has 2 rings (SSSR count). The van der Waals surface area contributed by atoms with E-state index in [2.05, 4.69) is 27.9 Å². The van der Waals surface area contributed by atoms with Crippen LogP contribution in [-0.4, -0.2) is 11.0 Å². The second-order valence-electron chi connectivity index (χ2n) is 4.36. The molecule has 0 radical (unpaired) electrons. The summed E-state index contributed by atoms with van der Waals surface area (Å²) in [7, 11) is 0. The number of aryl methyl sites for hydroxylation is 1. The van der Waals surface area contributed by atoms with Crippen LogP contribution in [0.1, 0.15) is 23.4 Å². The lowest BCUT2D eigenvalue weighted by Crippen LogP contribution is -2.37. The lowest BCUT2D eigenvalue weighted by Gasteiger charge is -2.14. The molecular weight excluding hydrogens is 242 g/mol. The maximum Gasteiger partial charge on any atom is 0.0419 e. The summed E-state index contributed by atoms with van der Waals surface area (Å²) in [6.07, 6.45) is 6.08. The van der Waals surface area contributed by atoms with E-state index in [0.29, 0.717) is 6.04 Å². The molecule has 0 aliphatic carbocycles. The number of nitrogens with zero attached hydrogens (tertiary/aromatic N) is 1. The SMILES string of the molecule is NNC(CCCc1cccs1)Cc1ccccn1. The molecule has 0 aliphatic heterocycles.